The largest absolute Gasteiger partial charge is 0.465 e. The molecule has 88 valence electrons. The second kappa shape index (κ2) is 6.07. The van der Waals surface area contributed by atoms with Gasteiger partial charge in [-0.15, -0.1) is 0 Å². The van der Waals surface area contributed by atoms with E-state index in [1.165, 1.54) is 7.11 Å². The zero-order valence-corrected chi connectivity index (χ0v) is 9.69. The van der Waals surface area contributed by atoms with E-state index in [2.05, 4.69) is 15.0 Å². The first-order valence-electron chi connectivity index (χ1n) is 4.96. The van der Waals surface area contributed by atoms with Crippen LogP contribution in [0, 0.1) is 0 Å². The van der Waals surface area contributed by atoms with Crippen molar-refractivity contribution in [1.82, 2.24) is 4.98 Å². The molecule has 1 N–H and O–H groups in total. The van der Waals surface area contributed by atoms with E-state index in [0.29, 0.717) is 17.9 Å². The summed E-state index contributed by atoms with van der Waals surface area (Å²) in [7, 11) is 2.98. The number of nitrogens with zero attached hydrogens (tertiary/aromatic N) is 1. The average molecular weight is 224 g/mol. The highest BCUT2D eigenvalue weighted by Gasteiger charge is 2.12. The number of aromatic nitrogens is 1. The van der Waals surface area contributed by atoms with E-state index in [1.54, 1.807) is 25.6 Å². The topological polar surface area (TPSA) is 60.5 Å². The van der Waals surface area contributed by atoms with Crippen LogP contribution in [0.2, 0.25) is 0 Å². The summed E-state index contributed by atoms with van der Waals surface area (Å²) in [6.07, 6.45) is 3.15. The van der Waals surface area contributed by atoms with Crippen molar-refractivity contribution in [3.05, 3.63) is 24.0 Å². The summed E-state index contributed by atoms with van der Waals surface area (Å²) in [5, 5.41) is 3.14. The fourth-order valence-electron chi connectivity index (χ4n) is 1.35. The Morgan fingerprint density at radius 1 is 1.56 bits per heavy atom. The second-order valence-corrected chi connectivity index (χ2v) is 3.41. The van der Waals surface area contributed by atoms with E-state index in [4.69, 9.17) is 4.74 Å². The molecule has 0 saturated carbocycles. The molecule has 1 atom stereocenters. The fraction of sp³-hybridized carbons (Fsp3) is 0.455. The predicted molar refractivity (Wildman–Crippen MR) is 60.5 cm³/mol. The van der Waals surface area contributed by atoms with E-state index in [-0.39, 0.29) is 12.0 Å². The zero-order valence-electron chi connectivity index (χ0n) is 9.69. The van der Waals surface area contributed by atoms with Crippen molar-refractivity contribution < 1.29 is 14.3 Å². The highest BCUT2D eigenvalue weighted by molar-refractivity contribution is 5.95. The number of esters is 1. The van der Waals surface area contributed by atoms with Gasteiger partial charge in [-0.05, 0) is 13.0 Å². The minimum atomic E-state index is -0.380. The van der Waals surface area contributed by atoms with Crippen LogP contribution in [0.3, 0.4) is 0 Å². The molecule has 5 nitrogen and oxygen atoms in total. The lowest BCUT2D eigenvalue weighted by Gasteiger charge is -2.15. The Kier molecular flexibility index (Phi) is 4.72. The monoisotopic (exact) mass is 224 g/mol. The Balaban J connectivity index is 2.82. The minimum Gasteiger partial charge on any atom is -0.465 e. The van der Waals surface area contributed by atoms with Gasteiger partial charge in [-0.1, -0.05) is 0 Å². The number of carbonyl (C=O) groups is 1. The standard InChI is InChI=1S/C11H16N2O3/c1-8(7-15-2)13-10-6-12-5-4-9(10)11(14)16-3/h4-6,8,13H,7H2,1-3H3. The van der Waals surface area contributed by atoms with E-state index >= 15 is 0 Å². The maximum Gasteiger partial charge on any atom is 0.340 e. The van der Waals surface area contributed by atoms with Crippen LogP contribution in [0.1, 0.15) is 17.3 Å². The molecule has 0 aliphatic rings. The van der Waals surface area contributed by atoms with E-state index < -0.39 is 0 Å². The Morgan fingerprint density at radius 2 is 2.31 bits per heavy atom. The van der Waals surface area contributed by atoms with Crippen molar-refractivity contribution in [2.45, 2.75) is 13.0 Å². The van der Waals surface area contributed by atoms with Crippen LogP contribution in [-0.2, 0) is 9.47 Å². The van der Waals surface area contributed by atoms with Gasteiger partial charge in [0.15, 0.2) is 0 Å². The summed E-state index contributed by atoms with van der Waals surface area (Å²) in [6.45, 7) is 2.51. The molecule has 0 saturated heterocycles. The fourth-order valence-corrected chi connectivity index (χ4v) is 1.35. The molecule has 16 heavy (non-hydrogen) atoms. The van der Waals surface area contributed by atoms with Gasteiger partial charge in [-0.25, -0.2) is 4.79 Å². The lowest BCUT2D eigenvalue weighted by molar-refractivity contribution is 0.0601. The molecule has 1 aromatic heterocycles. The van der Waals surface area contributed by atoms with Crippen molar-refractivity contribution in [3.63, 3.8) is 0 Å². The number of hydrogen-bond donors (Lipinski definition) is 1. The quantitative estimate of drug-likeness (QED) is 0.764. The molecule has 5 heteroatoms. The molecule has 0 aliphatic heterocycles. The van der Waals surface area contributed by atoms with Crippen molar-refractivity contribution in [3.8, 4) is 0 Å². The molecule has 0 spiro atoms. The highest BCUT2D eigenvalue weighted by atomic mass is 16.5. The molecule has 0 bridgehead atoms. The summed E-state index contributed by atoms with van der Waals surface area (Å²) in [6, 6.07) is 1.71. The van der Waals surface area contributed by atoms with Crippen LogP contribution in [-0.4, -0.2) is 37.8 Å². The first kappa shape index (κ1) is 12.4. The van der Waals surface area contributed by atoms with Gasteiger partial charge in [-0.3, -0.25) is 4.98 Å². The summed E-state index contributed by atoms with van der Waals surface area (Å²) in [5.74, 6) is -0.380. The number of pyridine rings is 1. The van der Waals surface area contributed by atoms with E-state index in [1.807, 2.05) is 6.92 Å². The lowest BCUT2D eigenvalue weighted by atomic mass is 10.2. The average Bonchev–Trinajstić information content (AvgIpc) is 2.29. The van der Waals surface area contributed by atoms with Crippen molar-refractivity contribution in [2.75, 3.05) is 26.1 Å². The molecule has 1 heterocycles. The van der Waals surface area contributed by atoms with Gasteiger partial charge in [0, 0.05) is 19.3 Å². The van der Waals surface area contributed by atoms with Crippen LogP contribution < -0.4 is 5.32 Å². The van der Waals surface area contributed by atoms with Gasteiger partial charge in [0.25, 0.3) is 0 Å². The van der Waals surface area contributed by atoms with Crippen LogP contribution in [0.25, 0.3) is 0 Å². The first-order chi connectivity index (χ1) is 7.69. The van der Waals surface area contributed by atoms with Crippen LogP contribution >= 0.6 is 0 Å². The Morgan fingerprint density at radius 3 is 2.94 bits per heavy atom. The lowest BCUT2D eigenvalue weighted by Crippen LogP contribution is -2.22. The third-order valence-electron chi connectivity index (χ3n) is 2.04. The maximum atomic E-state index is 11.5. The van der Waals surface area contributed by atoms with E-state index in [9.17, 15) is 4.79 Å². The Labute approximate surface area is 94.8 Å². The van der Waals surface area contributed by atoms with E-state index in [0.717, 1.165) is 0 Å². The maximum absolute atomic E-state index is 11.5. The molecule has 0 fully saturated rings. The zero-order chi connectivity index (χ0) is 12.0. The van der Waals surface area contributed by atoms with Gasteiger partial charge in [0.2, 0.25) is 0 Å². The number of anilines is 1. The summed E-state index contributed by atoms with van der Waals surface area (Å²) in [5.41, 5.74) is 1.12. The van der Waals surface area contributed by atoms with Gasteiger partial charge in [0.1, 0.15) is 0 Å². The first-order valence-corrected chi connectivity index (χ1v) is 4.96. The molecule has 1 unspecified atom stereocenters. The van der Waals surface area contributed by atoms with Crippen molar-refractivity contribution >= 4 is 11.7 Å². The Hall–Kier alpha value is -1.62. The number of rotatable bonds is 5. The smallest absolute Gasteiger partial charge is 0.340 e. The number of ether oxygens (including phenoxy) is 2. The summed E-state index contributed by atoms with van der Waals surface area (Å²) in [4.78, 5) is 15.4. The third-order valence-corrected chi connectivity index (χ3v) is 2.04. The molecular weight excluding hydrogens is 208 g/mol. The van der Waals surface area contributed by atoms with Crippen LogP contribution in [0.15, 0.2) is 18.5 Å². The molecule has 0 radical (unpaired) electrons. The second-order valence-electron chi connectivity index (χ2n) is 3.41. The van der Waals surface area contributed by atoms with Gasteiger partial charge in [-0.2, -0.15) is 0 Å². The molecule has 1 rings (SSSR count). The van der Waals surface area contributed by atoms with Gasteiger partial charge >= 0.3 is 5.97 Å². The van der Waals surface area contributed by atoms with Crippen molar-refractivity contribution in [1.29, 1.82) is 0 Å². The molecule has 0 aliphatic carbocycles. The SMILES string of the molecule is COCC(C)Nc1cnccc1C(=O)OC. The molecule has 1 aromatic rings. The van der Waals surface area contributed by atoms with Crippen molar-refractivity contribution in [2.24, 2.45) is 0 Å². The summed E-state index contributed by atoms with van der Waals surface area (Å²) < 4.78 is 9.68. The number of hydrogen-bond acceptors (Lipinski definition) is 5. The minimum absolute atomic E-state index is 0.0950. The number of methoxy groups -OCH3 is 2. The Bertz CT molecular complexity index is 355. The normalized spacial score (nSPS) is 11.9. The predicted octanol–water partition coefficient (Wildman–Crippen LogP) is 1.32. The van der Waals surface area contributed by atoms with Gasteiger partial charge in [0.05, 0.1) is 31.2 Å². The molecular formula is C11H16N2O3. The highest BCUT2D eigenvalue weighted by Crippen LogP contribution is 2.15. The molecule has 0 aromatic carbocycles. The molecule has 0 amide bonds. The summed E-state index contributed by atoms with van der Waals surface area (Å²) >= 11 is 0. The van der Waals surface area contributed by atoms with Crippen LogP contribution in [0.5, 0.6) is 0 Å². The number of nitrogens with one attached hydrogen (secondary N) is 1. The van der Waals surface area contributed by atoms with Gasteiger partial charge < -0.3 is 14.8 Å². The third kappa shape index (κ3) is 3.20. The number of carbonyl (C=O) groups excluding carboxylic acids is 1. The van der Waals surface area contributed by atoms with Crippen LogP contribution in [0.4, 0.5) is 5.69 Å².